The third kappa shape index (κ3) is 5.32. The van der Waals surface area contributed by atoms with E-state index in [1.54, 1.807) is 35.1 Å². The lowest BCUT2D eigenvalue weighted by Crippen LogP contribution is -2.14. The van der Waals surface area contributed by atoms with Crippen molar-refractivity contribution in [1.82, 2.24) is 9.78 Å². The molecule has 3 rings (SSSR count). The molecule has 7 heteroatoms. The Bertz CT molecular complexity index is 1010. The Morgan fingerprint density at radius 2 is 1.59 bits per heavy atom. The van der Waals surface area contributed by atoms with Gasteiger partial charge in [-0.1, -0.05) is 29.8 Å². The van der Waals surface area contributed by atoms with Gasteiger partial charge in [-0.15, -0.1) is 0 Å². The number of halogens is 1. The van der Waals surface area contributed by atoms with Gasteiger partial charge >= 0.3 is 0 Å². The highest BCUT2D eigenvalue weighted by molar-refractivity contribution is 9.10. The third-order valence-corrected chi connectivity index (χ3v) is 4.87. The number of nitrogens with one attached hydrogen (secondary N) is 2. The fourth-order valence-corrected chi connectivity index (χ4v) is 3.16. The number of aromatic nitrogens is 2. The fraction of sp³-hybridized carbons (Fsp3) is 0.227. The van der Waals surface area contributed by atoms with E-state index >= 15 is 0 Å². The number of amides is 2. The Morgan fingerprint density at radius 3 is 2.17 bits per heavy atom. The molecular formula is C22H23BrN4O2. The van der Waals surface area contributed by atoms with Crippen LogP contribution in [0.2, 0.25) is 0 Å². The quantitative estimate of drug-likeness (QED) is 0.538. The van der Waals surface area contributed by atoms with Crippen molar-refractivity contribution in [3.8, 4) is 5.69 Å². The Labute approximate surface area is 178 Å². The highest BCUT2D eigenvalue weighted by atomic mass is 79.9. The van der Waals surface area contributed by atoms with Gasteiger partial charge < -0.3 is 10.6 Å². The van der Waals surface area contributed by atoms with Crippen LogP contribution in [0.25, 0.3) is 5.69 Å². The van der Waals surface area contributed by atoms with E-state index in [4.69, 9.17) is 0 Å². The topological polar surface area (TPSA) is 76.0 Å². The molecule has 0 aliphatic carbocycles. The van der Waals surface area contributed by atoms with Gasteiger partial charge in [0, 0.05) is 22.3 Å². The minimum atomic E-state index is -0.234. The van der Waals surface area contributed by atoms with Crippen LogP contribution in [0.1, 0.15) is 36.3 Å². The molecule has 0 spiro atoms. The van der Waals surface area contributed by atoms with E-state index in [0.29, 0.717) is 29.3 Å². The molecule has 3 aromatic rings. The second-order valence-corrected chi connectivity index (χ2v) is 8.13. The number of hydrogen-bond acceptors (Lipinski definition) is 3. The second kappa shape index (κ2) is 9.05. The molecule has 0 bridgehead atoms. The molecular weight excluding hydrogens is 432 g/mol. The molecule has 150 valence electrons. The maximum Gasteiger partial charge on any atom is 0.259 e. The molecule has 1 aromatic heterocycles. The summed E-state index contributed by atoms with van der Waals surface area (Å²) in [6.07, 6.45) is 2.04. The molecule has 2 amide bonds. The zero-order valence-corrected chi connectivity index (χ0v) is 18.2. The van der Waals surface area contributed by atoms with Crippen molar-refractivity contribution in [2.24, 2.45) is 5.92 Å². The highest BCUT2D eigenvalue weighted by Gasteiger charge is 2.15. The summed E-state index contributed by atoms with van der Waals surface area (Å²) >= 11 is 3.41. The van der Waals surface area contributed by atoms with Crippen LogP contribution in [-0.4, -0.2) is 21.6 Å². The zero-order chi connectivity index (χ0) is 21.0. The lowest BCUT2D eigenvalue weighted by molar-refractivity contribution is -0.116. The van der Waals surface area contributed by atoms with E-state index in [2.05, 4.69) is 31.7 Å². The summed E-state index contributed by atoms with van der Waals surface area (Å²) in [5.41, 5.74) is 3.48. The summed E-state index contributed by atoms with van der Waals surface area (Å²) in [7, 11) is 0. The smallest absolute Gasteiger partial charge is 0.259 e. The lowest BCUT2D eigenvalue weighted by Gasteiger charge is -2.09. The summed E-state index contributed by atoms with van der Waals surface area (Å²) in [6, 6.07) is 14.8. The predicted octanol–water partition coefficient (Wildman–Crippen LogP) is 5.18. The number of benzene rings is 2. The SMILES string of the molecule is Cc1c(C(=O)Nc2ccc(NC(=O)CC(C)C)cc2)cnn1-c1ccc(Br)cc1. The average molecular weight is 455 g/mol. The maximum atomic E-state index is 12.7. The molecule has 2 aromatic carbocycles. The summed E-state index contributed by atoms with van der Waals surface area (Å²) in [6.45, 7) is 5.86. The second-order valence-electron chi connectivity index (χ2n) is 7.21. The van der Waals surface area contributed by atoms with Crippen molar-refractivity contribution in [2.75, 3.05) is 10.6 Å². The van der Waals surface area contributed by atoms with Crippen molar-refractivity contribution in [3.05, 3.63) is 70.5 Å². The van der Waals surface area contributed by atoms with Crippen LogP contribution < -0.4 is 10.6 Å². The van der Waals surface area contributed by atoms with E-state index in [1.165, 1.54) is 0 Å². The molecule has 0 unspecified atom stereocenters. The third-order valence-electron chi connectivity index (χ3n) is 4.35. The first-order valence-electron chi connectivity index (χ1n) is 9.35. The van der Waals surface area contributed by atoms with Crippen molar-refractivity contribution in [1.29, 1.82) is 0 Å². The van der Waals surface area contributed by atoms with Crippen LogP contribution in [0.4, 0.5) is 11.4 Å². The first kappa shape index (κ1) is 20.8. The highest BCUT2D eigenvalue weighted by Crippen LogP contribution is 2.19. The number of carbonyl (C=O) groups excluding carboxylic acids is 2. The van der Waals surface area contributed by atoms with E-state index < -0.39 is 0 Å². The molecule has 0 atom stereocenters. The minimum Gasteiger partial charge on any atom is -0.326 e. The minimum absolute atomic E-state index is 0.0206. The Balaban J connectivity index is 1.67. The summed E-state index contributed by atoms with van der Waals surface area (Å²) in [5.74, 6) is 0.0466. The van der Waals surface area contributed by atoms with Crippen LogP contribution in [0, 0.1) is 12.8 Å². The number of rotatable bonds is 6. The molecule has 1 heterocycles. The van der Waals surface area contributed by atoms with Crippen LogP contribution in [0.5, 0.6) is 0 Å². The largest absolute Gasteiger partial charge is 0.326 e. The first-order chi connectivity index (χ1) is 13.8. The molecule has 29 heavy (non-hydrogen) atoms. The molecule has 6 nitrogen and oxygen atoms in total. The van der Waals surface area contributed by atoms with Gasteiger partial charge in [0.1, 0.15) is 0 Å². The summed E-state index contributed by atoms with van der Waals surface area (Å²) < 4.78 is 2.71. The van der Waals surface area contributed by atoms with Gasteiger partial charge in [0.25, 0.3) is 5.91 Å². The van der Waals surface area contributed by atoms with Crippen LogP contribution in [-0.2, 0) is 4.79 Å². The lowest BCUT2D eigenvalue weighted by atomic mass is 10.1. The molecule has 0 aliphatic rings. The van der Waals surface area contributed by atoms with E-state index in [9.17, 15) is 9.59 Å². The number of carbonyl (C=O) groups is 2. The Kier molecular flexibility index (Phi) is 6.49. The van der Waals surface area contributed by atoms with Crippen molar-refractivity contribution >= 4 is 39.1 Å². The molecule has 0 radical (unpaired) electrons. The van der Waals surface area contributed by atoms with E-state index in [0.717, 1.165) is 15.9 Å². The van der Waals surface area contributed by atoms with Crippen LogP contribution in [0.15, 0.2) is 59.2 Å². The van der Waals surface area contributed by atoms with E-state index in [-0.39, 0.29) is 11.8 Å². The van der Waals surface area contributed by atoms with Crippen molar-refractivity contribution in [2.45, 2.75) is 27.2 Å². The molecule has 0 fully saturated rings. The first-order valence-corrected chi connectivity index (χ1v) is 10.1. The standard InChI is InChI=1S/C22H23BrN4O2/c1-14(2)12-21(28)25-17-6-8-18(9-7-17)26-22(29)20-13-24-27(15(20)3)19-10-4-16(23)5-11-19/h4-11,13-14H,12H2,1-3H3,(H,25,28)(H,26,29). The van der Waals surface area contributed by atoms with Gasteiger partial charge in [0.15, 0.2) is 0 Å². The van der Waals surface area contributed by atoms with Crippen molar-refractivity contribution < 1.29 is 9.59 Å². The Morgan fingerprint density at radius 1 is 1.00 bits per heavy atom. The van der Waals surface area contributed by atoms with Gasteiger partial charge in [0.2, 0.25) is 5.91 Å². The van der Waals surface area contributed by atoms with Crippen LogP contribution >= 0.6 is 15.9 Å². The van der Waals surface area contributed by atoms with Gasteiger partial charge in [-0.3, -0.25) is 9.59 Å². The van der Waals surface area contributed by atoms with Gasteiger partial charge in [-0.2, -0.15) is 5.10 Å². The van der Waals surface area contributed by atoms with E-state index in [1.807, 2.05) is 45.0 Å². The van der Waals surface area contributed by atoms with Gasteiger partial charge in [-0.25, -0.2) is 4.68 Å². The molecule has 2 N–H and O–H groups in total. The van der Waals surface area contributed by atoms with Gasteiger partial charge in [-0.05, 0) is 61.4 Å². The van der Waals surface area contributed by atoms with Crippen molar-refractivity contribution in [3.63, 3.8) is 0 Å². The summed E-state index contributed by atoms with van der Waals surface area (Å²) in [5, 5.41) is 10.1. The van der Waals surface area contributed by atoms with Gasteiger partial charge in [0.05, 0.1) is 23.1 Å². The average Bonchev–Trinajstić information content (AvgIpc) is 3.05. The molecule has 0 aliphatic heterocycles. The fourth-order valence-electron chi connectivity index (χ4n) is 2.89. The summed E-state index contributed by atoms with van der Waals surface area (Å²) in [4.78, 5) is 24.5. The molecule has 0 saturated carbocycles. The predicted molar refractivity (Wildman–Crippen MR) is 118 cm³/mol. The monoisotopic (exact) mass is 454 g/mol. The number of anilines is 2. The normalized spacial score (nSPS) is 10.8. The molecule has 0 saturated heterocycles. The Hall–Kier alpha value is -2.93. The number of nitrogens with zero attached hydrogens (tertiary/aromatic N) is 2. The zero-order valence-electron chi connectivity index (χ0n) is 16.6. The maximum absolute atomic E-state index is 12.7. The number of hydrogen-bond donors (Lipinski definition) is 2. The van der Waals surface area contributed by atoms with Crippen LogP contribution in [0.3, 0.4) is 0 Å².